The minimum atomic E-state index is -0.904. The molecule has 1 aromatic heterocycles. The Morgan fingerprint density at radius 2 is 1.71 bits per heavy atom. The number of hydrogen-bond acceptors (Lipinski definition) is 2. The van der Waals surface area contributed by atoms with Gasteiger partial charge in [0.25, 0.3) is 0 Å². The number of para-hydroxylation sites is 1. The molecule has 1 N–H and O–H groups in total. The fourth-order valence-corrected chi connectivity index (χ4v) is 2.61. The number of nitrogens with zero attached hydrogens (tertiary/aromatic N) is 2. The molecular weight excluding hydrogens is 307 g/mol. The van der Waals surface area contributed by atoms with Gasteiger partial charge in [-0.2, -0.15) is 5.10 Å². The van der Waals surface area contributed by atoms with Crippen LogP contribution in [0.2, 0.25) is 10.0 Å². The third-order valence-corrected chi connectivity index (χ3v) is 4.06. The van der Waals surface area contributed by atoms with Crippen molar-refractivity contribution in [2.75, 3.05) is 0 Å². The number of rotatable bonds is 3. The Balaban J connectivity index is 2.06. The van der Waals surface area contributed by atoms with E-state index in [-0.39, 0.29) is 0 Å². The van der Waals surface area contributed by atoms with Crippen LogP contribution in [0.3, 0.4) is 0 Å². The van der Waals surface area contributed by atoms with Gasteiger partial charge in [0, 0.05) is 11.8 Å². The molecule has 0 saturated heterocycles. The van der Waals surface area contributed by atoms with Gasteiger partial charge < -0.3 is 5.11 Å². The molecule has 0 spiro atoms. The first-order valence-electron chi connectivity index (χ1n) is 6.40. The van der Waals surface area contributed by atoms with Crippen LogP contribution in [0.25, 0.3) is 5.69 Å². The van der Waals surface area contributed by atoms with E-state index < -0.39 is 6.10 Å². The standard InChI is InChI=1S/C16H12Cl2N2O/c17-13-8-4-7-12(15(13)18)16(21)14-9-10-19-20(14)11-5-2-1-3-6-11/h1-10,16,21H. The van der Waals surface area contributed by atoms with E-state index in [2.05, 4.69) is 5.10 Å². The Hall–Kier alpha value is -1.81. The molecule has 1 heterocycles. The molecule has 0 radical (unpaired) electrons. The van der Waals surface area contributed by atoms with Gasteiger partial charge in [0.05, 0.1) is 21.4 Å². The van der Waals surface area contributed by atoms with Gasteiger partial charge in [-0.3, -0.25) is 0 Å². The van der Waals surface area contributed by atoms with Crippen molar-refractivity contribution in [2.45, 2.75) is 6.10 Å². The largest absolute Gasteiger partial charge is 0.382 e. The molecule has 0 fully saturated rings. The van der Waals surface area contributed by atoms with E-state index in [1.54, 1.807) is 35.1 Å². The summed E-state index contributed by atoms with van der Waals surface area (Å²) in [6.45, 7) is 0. The van der Waals surface area contributed by atoms with Crippen molar-refractivity contribution in [3.8, 4) is 5.69 Å². The molecule has 2 aromatic carbocycles. The van der Waals surface area contributed by atoms with Gasteiger partial charge in [0.1, 0.15) is 6.10 Å². The fraction of sp³-hybridized carbons (Fsp3) is 0.0625. The second kappa shape index (κ2) is 5.90. The molecule has 0 saturated carbocycles. The molecule has 5 heteroatoms. The van der Waals surface area contributed by atoms with Crippen molar-refractivity contribution in [2.24, 2.45) is 0 Å². The van der Waals surface area contributed by atoms with Gasteiger partial charge >= 0.3 is 0 Å². The molecule has 3 nitrogen and oxygen atoms in total. The van der Waals surface area contributed by atoms with E-state index in [0.717, 1.165) is 5.69 Å². The van der Waals surface area contributed by atoms with Gasteiger partial charge in [-0.25, -0.2) is 4.68 Å². The van der Waals surface area contributed by atoms with Crippen molar-refractivity contribution in [1.82, 2.24) is 9.78 Å². The van der Waals surface area contributed by atoms with Gasteiger partial charge in [0.15, 0.2) is 0 Å². The van der Waals surface area contributed by atoms with Crippen LogP contribution in [0.1, 0.15) is 17.4 Å². The van der Waals surface area contributed by atoms with Crippen LogP contribution in [0.5, 0.6) is 0 Å². The molecule has 0 aliphatic carbocycles. The van der Waals surface area contributed by atoms with Crippen LogP contribution in [0, 0.1) is 0 Å². The Labute approximate surface area is 132 Å². The summed E-state index contributed by atoms with van der Waals surface area (Å²) in [5.41, 5.74) is 2.06. The minimum Gasteiger partial charge on any atom is -0.382 e. The van der Waals surface area contributed by atoms with Gasteiger partial charge in [-0.05, 0) is 24.3 Å². The zero-order valence-corrected chi connectivity index (χ0v) is 12.5. The highest BCUT2D eigenvalue weighted by Gasteiger charge is 2.19. The summed E-state index contributed by atoms with van der Waals surface area (Å²) >= 11 is 12.2. The lowest BCUT2D eigenvalue weighted by molar-refractivity contribution is 0.212. The van der Waals surface area contributed by atoms with Crippen molar-refractivity contribution < 1.29 is 5.11 Å². The Morgan fingerprint density at radius 3 is 2.48 bits per heavy atom. The summed E-state index contributed by atoms with van der Waals surface area (Å²) in [4.78, 5) is 0. The number of hydrogen-bond donors (Lipinski definition) is 1. The first-order valence-corrected chi connectivity index (χ1v) is 7.15. The molecule has 0 amide bonds. The molecular formula is C16H12Cl2N2O. The number of aliphatic hydroxyl groups excluding tert-OH is 1. The van der Waals surface area contributed by atoms with E-state index in [4.69, 9.17) is 23.2 Å². The lowest BCUT2D eigenvalue weighted by atomic mass is 10.1. The average Bonchev–Trinajstić information content (AvgIpc) is 3.00. The first kappa shape index (κ1) is 14.1. The zero-order valence-electron chi connectivity index (χ0n) is 10.9. The molecule has 0 bridgehead atoms. The number of benzene rings is 2. The maximum absolute atomic E-state index is 10.6. The molecule has 1 unspecified atom stereocenters. The van der Waals surface area contributed by atoms with Crippen molar-refractivity contribution in [1.29, 1.82) is 0 Å². The Bertz CT molecular complexity index is 756. The third-order valence-electron chi connectivity index (χ3n) is 3.23. The maximum Gasteiger partial charge on any atom is 0.123 e. The van der Waals surface area contributed by atoms with E-state index in [1.807, 2.05) is 30.3 Å². The molecule has 0 aliphatic rings. The SMILES string of the molecule is OC(c1cccc(Cl)c1Cl)c1ccnn1-c1ccccc1. The van der Waals surface area contributed by atoms with E-state index in [0.29, 0.717) is 21.3 Å². The Kier molecular flexibility index (Phi) is 3.97. The quantitative estimate of drug-likeness (QED) is 0.783. The van der Waals surface area contributed by atoms with Crippen LogP contribution >= 0.6 is 23.2 Å². The van der Waals surface area contributed by atoms with Gasteiger partial charge in [0.2, 0.25) is 0 Å². The van der Waals surface area contributed by atoms with Gasteiger partial charge in [-0.1, -0.05) is 53.5 Å². The van der Waals surface area contributed by atoms with E-state index in [9.17, 15) is 5.11 Å². The summed E-state index contributed by atoms with van der Waals surface area (Å²) in [5, 5.41) is 15.7. The summed E-state index contributed by atoms with van der Waals surface area (Å²) in [6, 6.07) is 16.6. The number of aromatic nitrogens is 2. The lowest BCUT2D eigenvalue weighted by Crippen LogP contribution is -2.09. The molecule has 3 rings (SSSR count). The van der Waals surface area contributed by atoms with Crippen LogP contribution in [0.4, 0.5) is 0 Å². The average molecular weight is 319 g/mol. The summed E-state index contributed by atoms with van der Waals surface area (Å²) in [7, 11) is 0. The monoisotopic (exact) mass is 318 g/mol. The summed E-state index contributed by atoms with van der Waals surface area (Å²) < 4.78 is 1.68. The summed E-state index contributed by atoms with van der Waals surface area (Å²) in [6.07, 6.45) is 0.739. The molecule has 21 heavy (non-hydrogen) atoms. The zero-order chi connectivity index (χ0) is 14.8. The van der Waals surface area contributed by atoms with Crippen molar-refractivity contribution >= 4 is 23.2 Å². The van der Waals surface area contributed by atoms with Crippen LogP contribution < -0.4 is 0 Å². The second-order valence-electron chi connectivity index (χ2n) is 4.55. The minimum absolute atomic E-state index is 0.354. The molecule has 3 aromatic rings. The topological polar surface area (TPSA) is 38.1 Å². The highest BCUT2D eigenvalue weighted by atomic mass is 35.5. The van der Waals surface area contributed by atoms with Crippen LogP contribution in [-0.4, -0.2) is 14.9 Å². The van der Waals surface area contributed by atoms with Crippen molar-refractivity contribution in [3.05, 3.63) is 82.1 Å². The first-order chi connectivity index (χ1) is 10.2. The van der Waals surface area contributed by atoms with Gasteiger partial charge in [-0.15, -0.1) is 0 Å². The van der Waals surface area contributed by atoms with Crippen LogP contribution in [-0.2, 0) is 0 Å². The molecule has 106 valence electrons. The lowest BCUT2D eigenvalue weighted by Gasteiger charge is -2.15. The predicted molar refractivity (Wildman–Crippen MR) is 84.1 cm³/mol. The fourth-order valence-electron chi connectivity index (χ4n) is 2.20. The highest BCUT2D eigenvalue weighted by Crippen LogP contribution is 2.33. The van der Waals surface area contributed by atoms with E-state index >= 15 is 0 Å². The summed E-state index contributed by atoms with van der Waals surface area (Å²) in [5.74, 6) is 0. The van der Waals surface area contributed by atoms with Crippen molar-refractivity contribution in [3.63, 3.8) is 0 Å². The predicted octanol–water partition coefficient (Wildman–Crippen LogP) is 4.26. The Morgan fingerprint density at radius 1 is 0.952 bits per heavy atom. The highest BCUT2D eigenvalue weighted by molar-refractivity contribution is 6.42. The normalized spacial score (nSPS) is 12.3. The smallest absolute Gasteiger partial charge is 0.123 e. The maximum atomic E-state index is 10.6. The number of halogens is 2. The number of aliphatic hydroxyl groups is 1. The third kappa shape index (κ3) is 2.68. The van der Waals surface area contributed by atoms with Crippen LogP contribution in [0.15, 0.2) is 60.8 Å². The van der Waals surface area contributed by atoms with E-state index in [1.165, 1.54) is 0 Å². The molecule has 1 atom stereocenters. The second-order valence-corrected chi connectivity index (χ2v) is 5.33. The molecule has 0 aliphatic heterocycles.